The van der Waals surface area contributed by atoms with Gasteiger partial charge in [0, 0.05) is 53.5 Å². The molecule has 0 fully saturated rings. The number of hydrogen-bond acceptors (Lipinski definition) is 2. The van der Waals surface area contributed by atoms with Crippen molar-refractivity contribution in [2.45, 2.75) is 0 Å². The molecule has 33 heavy (non-hydrogen) atoms. The number of benzene rings is 5. The van der Waals surface area contributed by atoms with Gasteiger partial charge in [-0.2, -0.15) is 0 Å². The second kappa shape index (κ2) is 6.25. The van der Waals surface area contributed by atoms with Crippen molar-refractivity contribution in [2.75, 3.05) is 0 Å². The highest BCUT2D eigenvalue weighted by Gasteiger charge is 2.16. The normalized spacial score (nSPS) is 12.2. The molecule has 0 radical (unpaired) electrons. The number of rotatable bonds is 1. The van der Waals surface area contributed by atoms with Gasteiger partial charge in [-0.1, -0.05) is 54.6 Å². The number of aromatic nitrogens is 1. The summed E-state index contributed by atoms with van der Waals surface area (Å²) in [6.45, 7) is 0. The molecule has 5 aromatic carbocycles. The molecule has 8 aromatic rings. The Bertz CT molecular complexity index is 2040. The Morgan fingerprint density at radius 2 is 1.24 bits per heavy atom. The molecular formula is C30H17NOS. The van der Waals surface area contributed by atoms with E-state index < -0.39 is 0 Å². The maximum absolute atomic E-state index is 6.25. The maximum atomic E-state index is 6.25. The second-order valence-corrected chi connectivity index (χ2v) is 9.68. The monoisotopic (exact) mass is 439 g/mol. The lowest BCUT2D eigenvalue weighted by Crippen LogP contribution is -1.93. The van der Waals surface area contributed by atoms with Crippen LogP contribution in [0.2, 0.25) is 0 Å². The number of furan rings is 1. The number of hydrogen-bond donors (Lipinski definition) is 0. The summed E-state index contributed by atoms with van der Waals surface area (Å²) in [5.41, 5.74) is 5.41. The van der Waals surface area contributed by atoms with Crippen molar-refractivity contribution < 1.29 is 4.42 Å². The molecular weight excluding hydrogens is 422 g/mol. The first-order valence-corrected chi connectivity index (χ1v) is 11.9. The highest BCUT2D eigenvalue weighted by Crippen LogP contribution is 2.40. The molecule has 0 unspecified atom stereocenters. The average molecular weight is 440 g/mol. The van der Waals surface area contributed by atoms with Crippen LogP contribution in [0.1, 0.15) is 0 Å². The Morgan fingerprint density at radius 1 is 0.485 bits per heavy atom. The van der Waals surface area contributed by atoms with Crippen molar-refractivity contribution in [3.63, 3.8) is 0 Å². The van der Waals surface area contributed by atoms with Gasteiger partial charge in [-0.25, -0.2) is 0 Å². The van der Waals surface area contributed by atoms with Gasteiger partial charge in [0.1, 0.15) is 11.2 Å². The summed E-state index contributed by atoms with van der Waals surface area (Å²) in [4.78, 5) is 0. The molecule has 0 N–H and O–H groups in total. The number of fused-ring (bicyclic) bond motifs is 9. The summed E-state index contributed by atoms with van der Waals surface area (Å²) in [5, 5.41) is 7.47. The van der Waals surface area contributed by atoms with Crippen LogP contribution < -0.4 is 0 Å². The van der Waals surface area contributed by atoms with Crippen molar-refractivity contribution in [3.8, 4) is 5.69 Å². The van der Waals surface area contributed by atoms with Crippen LogP contribution in [-0.4, -0.2) is 4.57 Å². The summed E-state index contributed by atoms with van der Waals surface area (Å²) in [6, 6.07) is 37.0. The molecule has 3 aromatic heterocycles. The molecule has 3 heterocycles. The third kappa shape index (κ3) is 2.32. The maximum Gasteiger partial charge on any atom is 0.137 e. The third-order valence-electron chi connectivity index (χ3n) is 6.79. The zero-order chi connectivity index (χ0) is 21.5. The first-order valence-electron chi connectivity index (χ1n) is 11.1. The second-order valence-electron chi connectivity index (χ2n) is 8.59. The van der Waals surface area contributed by atoms with Crippen LogP contribution in [0.3, 0.4) is 0 Å². The highest BCUT2D eigenvalue weighted by atomic mass is 32.1. The van der Waals surface area contributed by atoms with Crippen molar-refractivity contribution in [2.24, 2.45) is 0 Å². The Hall–Kier alpha value is -4.08. The van der Waals surface area contributed by atoms with E-state index in [0.717, 1.165) is 16.6 Å². The van der Waals surface area contributed by atoms with Crippen molar-refractivity contribution in [1.29, 1.82) is 0 Å². The standard InChI is InChI=1S/C30H17NOS/c1-4-10-25-19(7-1)22-16-23-20-8-2-5-11-27(20)32-28(23)17-26(22)31(25)18-13-14-30-24(15-18)21-9-3-6-12-29(21)33-30/h1-17H. The minimum Gasteiger partial charge on any atom is -0.456 e. The molecule has 0 saturated carbocycles. The average Bonchev–Trinajstić information content (AvgIpc) is 3.51. The van der Waals surface area contributed by atoms with Crippen LogP contribution in [0.5, 0.6) is 0 Å². The van der Waals surface area contributed by atoms with E-state index >= 15 is 0 Å². The third-order valence-corrected chi connectivity index (χ3v) is 7.94. The predicted octanol–water partition coefficient (Wildman–Crippen LogP) is 9.05. The van der Waals surface area contributed by atoms with Gasteiger partial charge >= 0.3 is 0 Å². The van der Waals surface area contributed by atoms with E-state index in [1.54, 1.807) is 0 Å². The number of para-hydroxylation sites is 2. The van der Waals surface area contributed by atoms with Gasteiger partial charge in [0.25, 0.3) is 0 Å². The van der Waals surface area contributed by atoms with Gasteiger partial charge in [-0.05, 0) is 42.5 Å². The summed E-state index contributed by atoms with van der Waals surface area (Å²) >= 11 is 1.85. The van der Waals surface area contributed by atoms with Gasteiger partial charge in [0.15, 0.2) is 0 Å². The van der Waals surface area contributed by atoms with Crippen molar-refractivity contribution in [1.82, 2.24) is 4.57 Å². The topological polar surface area (TPSA) is 18.1 Å². The summed E-state index contributed by atoms with van der Waals surface area (Å²) in [5.74, 6) is 0. The van der Waals surface area contributed by atoms with Crippen LogP contribution in [0.4, 0.5) is 0 Å². The first-order chi connectivity index (χ1) is 16.3. The fourth-order valence-corrected chi connectivity index (χ4v) is 6.41. The van der Waals surface area contributed by atoms with Gasteiger partial charge in [-0.3, -0.25) is 0 Å². The molecule has 0 atom stereocenters. The Labute approximate surface area is 192 Å². The molecule has 0 aliphatic heterocycles. The first kappa shape index (κ1) is 17.5. The fourth-order valence-electron chi connectivity index (χ4n) is 5.32. The van der Waals surface area contributed by atoms with Crippen LogP contribution in [0.25, 0.3) is 69.6 Å². The Kier molecular flexibility index (Phi) is 3.31. The number of thiophene rings is 1. The van der Waals surface area contributed by atoms with E-state index in [-0.39, 0.29) is 0 Å². The van der Waals surface area contributed by atoms with E-state index in [1.807, 2.05) is 23.5 Å². The molecule has 2 nitrogen and oxygen atoms in total. The lowest BCUT2D eigenvalue weighted by Gasteiger charge is -2.08. The molecule has 0 amide bonds. The summed E-state index contributed by atoms with van der Waals surface area (Å²) in [6.07, 6.45) is 0. The Balaban J connectivity index is 1.52. The van der Waals surface area contributed by atoms with E-state index in [9.17, 15) is 0 Å². The molecule has 0 aliphatic rings. The lowest BCUT2D eigenvalue weighted by molar-refractivity contribution is 0.669. The molecule has 0 spiro atoms. The van der Waals surface area contributed by atoms with Crippen LogP contribution in [-0.2, 0) is 0 Å². The van der Waals surface area contributed by atoms with Crippen LogP contribution in [0, 0.1) is 0 Å². The van der Waals surface area contributed by atoms with Gasteiger partial charge in [-0.15, -0.1) is 11.3 Å². The molecule has 0 aliphatic carbocycles. The molecule has 154 valence electrons. The van der Waals surface area contributed by atoms with Crippen LogP contribution in [0.15, 0.2) is 108 Å². The van der Waals surface area contributed by atoms with Gasteiger partial charge < -0.3 is 8.98 Å². The smallest absolute Gasteiger partial charge is 0.137 e. The molecule has 0 bridgehead atoms. The fraction of sp³-hybridized carbons (Fsp3) is 0. The minimum atomic E-state index is 0.926. The quantitative estimate of drug-likeness (QED) is 0.249. The van der Waals surface area contributed by atoms with Gasteiger partial charge in [0.05, 0.1) is 11.0 Å². The SMILES string of the molecule is c1ccc2c(c1)oc1cc3c(cc12)c1ccccc1n3-c1ccc2sc3ccccc3c2c1. The van der Waals surface area contributed by atoms with Crippen molar-refractivity contribution in [3.05, 3.63) is 103 Å². The molecule has 3 heteroatoms. The van der Waals surface area contributed by atoms with E-state index in [2.05, 4.69) is 95.6 Å². The largest absolute Gasteiger partial charge is 0.456 e. The summed E-state index contributed by atoms with van der Waals surface area (Å²) in [7, 11) is 0. The van der Waals surface area contributed by atoms with Gasteiger partial charge in [0.2, 0.25) is 0 Å². The molecule has 8 rings (SSSR count). The minimum absolute atomic E-state index is 0.926. The predicted molar refractivity (Wildman–Crippen MR) is 141 cm³/mol. The van der Waals surface area contributed by atoms with Crippen molar-refractivity contribution >= 4 is 75.3 Å². The molecule has 0 saturated heterocycles. The Morgan fingerprint density at radius 3 is 2.18 bits per heavy atom. The zero-order valence-electron chi connectivity index (χ0n) is 17.6. The zero-order valence-corrected chi connectivity index (χ0v) is 18.4. The number of nitrogens with zero attached hydrogens (tertiary/aromatic N) is 1. The lowest BCUT2D eigenvalue weighted by atomic mass is 10.1. The van der Waals surface area contributed by atoms with E-state index in [0.29, 0.717) is 0 Å². The van der Waals surface area contributed by atoms with E-state index in [1.165, 1.54) is 53.1 Å². The summed E-state index contributed by atoms with van der Waals surface area (Å²) < 4.78 is 11.3. The van der Waals surface area contributed by atoms with E-state index in [4.69, 9.17) is 4.42 Å². The highest BCUT2D eigenvalue weighted by molar-refractivity contribution is 7.25. The van der Waals surface area contributed by atoms with Crippen LogP contribution >= 0.6 is 11.3 Å².